The van der Waals surface area contributed by atoms with E-state index in [-0.39, 0.29) is 29.9 Å². The van der Waals surface area contributed by atoms with Crippen molar-refractivity contribution in [2.75, 3.05) is 17.2 Å². The lowest BCUT2D eigenvalue weighted by molar-refractivity contribution is -0.138. The molecule has 3 aromatic rings. The molecule has 0 saturated carbocycles. The minimum Gasteiger partial charge on any atom is -0.424 e. The van der Waals surface area contributed by atoms with Gasteiger partial charge in [-0.05, 0) is 50.2 Å². The van der Waals surface area contributed by atoms with Gasteiger partial charge in [0.1, 0.15) is 5.75 Å². The standard InChI is InChI=1S/C21H19F6N5O2/c1-19(2,33)11-28-16-30-17(29-14-7-3-5-12(9-14)20(22,23)24)32-18(31-16)34-15-8-4-6-13(10-15)21(25,26)27/h3-10,33H,11H2,1-2H3,(H2,28,29,30,31,32). The van der Waals surface area contributed by atoms with Gasteiger partial charge in [0, 0.05) is 12.2 Å². The van der Waals surface area contributed by atoms with E-state index >= 15 is 0 Å². The number of nitrogens with one attached hydrogen (secondary N) is 2. The highest BCUT2D eigenvalue weighted by atomic mass is 19.4. The van der Waals surface area contributed by atoms with Crippen LogP contribution in [0.25, 0.3) is 0 Å². The van der Waals surface area contributed by atoms with E-state index in [1.165, 1.54) is 32.0 Å². The van der Waals surface area contributed by atoms with Gasteiger partial charge in [0.25, 0.3) is 0 Å². The van der Waals surface area contributed by atoms with Gasteiger partial charge in [-0.2, -0.15) is 41.3 Å². The average Bonchev–Trinajstić information content (AvgIpc) is 2.71. The van der Waals surface area contributed by atoms with Crippen LogP contribution in [0.4, 0.5) is 43.9 Å². The number of benzene rings is 2. The van der Waals surface area contributed by atoms with Crippen molar-refractivity contribution in [2.24, 2.45) is 0 Å². The summed E-state index contributed by atoms with van der Waals surface area (Å²) in [6, 6.07) is 7.80. The molecular weight excluding hydrogens is 468 g/mol. The third-order valence-electron chi connectivity index (χ3n) is 4.11. The summed E-state index contributed by atoms with van der Waals surface area (Å²) >= 11 is 0. The fourth-order valence-electron chi connectivity index (χ4n) is 2.58. The second-order valence-corrected chi connectivity index (χ2v) is 7.76. The number of alkyl halides is 6. The quantitative estimate of drug-likeness (QED) is 0.372. The first-order valence-corrected chi connectivity index (χ1v) is 9.71. The molecule has 0 unspecified atom stereocenters. The Morgan fingerprint density at radius 3 is 2.03 bits per heavy atom. The molecular formula is C21H19F6N5O2. The van der Waals surface area contributed by atoms with Gasteiger partial charge in [-0.25, -0.2) is 0 Å². The lowest BCUT2D eigenvalue weighted by Crippen LogP contribution is -2.30. The molecule has 0 aliphatic rings. The molecule has 1 aromatic heterocycles. The number of hydrogen-bond donors (Lipinski definition) is 3. The van der Waals surface area contributed by atoms with Crippen molar-refractivity contribution in [2.45, 2.75) is 31.8 Å². The molecule has 2 aromatic carbocycles. The number of rotatable bonds is 7. The van der Waals surface area contributed by atoms with E-state index in [2.05, 4.69) is 25.6 Å². The molecule has 13 heteroatoms. The number of hydrogen-bond acceptors (Lipinski definition) is 7. The Morgan fingerprint density at radius 1 is 0.824 bits per heavy atom. The van der Waals surface area contributed by atoms with Crippen LogP contribution in [-0.2, 0) is 12.4 Å². The molecule has 0 aliphatic carbocycles. The van der Waals surface area contributed by atoms with Crippen molar-refractivity contribution in [3.8, 4) is 11.8 Å². The predicted molar refractivity (Wildman–Crippen MR) is 111 cm³/mol. The molecule has 0 spiro atoms. The normalized spacial score (nSPS) is 12.4. The van der Waals surface area contributed by atoms with Crippen LogP contribution in [0.3, 0.4) is 0 Å². The molecule has 0 amide bonds. The van der Waals surface area contributed by atoms with E-state index in [9.17, 15) is 31.4 Å². The van der Waals surface area contributed by atoms with Crippen LogP contribution in [-0.4, -0.2) is 32.2 Å². The highest BCUT2D eigenvalue weighted by Gasteiger charge is 2.31. The van der Waals surface area contributed by atoms with E-state index in [0.717, 1.165) is 30.3 Å². The molecule has 182 valence electrons. The minimum atomic E-state index is -4.60. The lowest BCUT2D eigenvalue weighted by atomic mass is 10.1. The summed E-state index contributed by atoms with van der Waals surface area (Å²) in [5, 5.41) is 15.2. The zero-order chi connectivity index (χ0) is 25.1. The summed E-state index contributed by atoms with van der Waals surface area (Å²) in [7, 11) is 0. The highest BCUT2D eigenvalue weighted by molar-refractivity contribution is 5.56. The Morgan fingerprint density at radius 2 is 1.41 bits per heavy atom. The van der Waals surface area contributed by atoms with Gasteiger partial charge in [0.05, 0.1) is 16.7 Å². The number of aliphatic hydroxyl groups is 1. The van der Waals surface area contributed by atoms with Crippen LogP contribution >= 0.6 is 0 Å². The molecule has 3 rings (SSSR count). The Kier molecular flexibility index (Phi) is 6.87. The summed E-state index contributed by atoms with van der Waals surface area (Å²) in [6.07, 6.45) is -9.18. The smallest absolute Gasteiger partial charge is 0.416 e. The monoisotopic (exact) mass is 487 g/mol. The van der Waals surface area contributed by atoms with Crippen LogP contribution in [0.5, 0.6) is 11.8 Å². The Hall–Kier alpha value is -3.61. The SMILES string of the molecule is CC(C)(O)CNc1nc(Nc2cccc(C(F)(F)F)c2)nc(Oc2cccc(C(F)(F)F)c2)n1. The molecule has 0 fully saturated rings. The zero-order valence-corrected chi connectivity index (χ0v) is 17.8. The third-order valence-corrected chi connectivity index (χ3v) is 4.11. The minimum absolute atomic E-state index is 0.000480. The highest BCUT2D eigenvalue weighted by Crippen LogP contribution is 2.33. The summed E-state index contributed by atoms with van der Waals surface area (Å²) in [6.45, 7) is 2.98. The third kappa shape index (κ3) is 7.20. The topological polar surface area (TPSA) is 92.2 Å². The van der Waals surface area contributed by atoms with Gasteiger partial charge in [0.2, 0.25) is 11.9 Å². The van der Waals surface area contributed by atoms with Crippen molar-refractivity contribution in [1.29, 1.82) is 0 Å². The van der Waals surface area contributed by atoms with Crippen molar-refractivity contribution in [3.05, 3.63) is 59.7 Å². The number of nitrogens with zero attached hydrogens (tertiary/aromatic N) is 3. The summed E-state index contributed by atoms with van der Waals surface area (Å²) in [4.78, 5) is 11.9. The average molecular weight is 487 g/mol. The fraction of sp³-hybridized carbons (Fsp3) is 0.286. The van der Waals surface area contributed by atoms with Gasteiger partial charge in [0.15, 0.2) is 0 Å². The molecule has 0 radical (unpaired) electrons. The Bertz CT molecular complexity index is 1070. The maximum Gasteiger partial charge on any atom is 0.416 e. The molecule has 0 saturated heterocycles. The first-order chi connectivity index (χ1) is 15.7. The lowest BCUT2D eigenvalue weighted by Gasteiger charge is -2.18. The van der Waals surface area contributed by atoms with Crippen molar-refractivity contribution in [3.63, 3.8) is 0 Å². The molecule has 7 nitrogen and oxygen atoms in total. The largest absolute Gasteiger partial charge is 0.424 e. The van der Waals surface area contributed by atoms with E-state index in [1.54, 1.807) is 0 Å². The molecule has 0 aliphatic heterocycles. The molecule has 0 bridgehead atoms. The van der Waals surface area contributed by atoms with Gasteiger partial charge < -0.3 is 20.5 Å². The van der Waals surface area contributed by atoms with Gasteiger partial charge in [-0.15, -0.1) is 0 Å². The van der Waals surface area contributed by atoms with Crippen LogP contribution < -0.4 is 15.4 Å². The van der Waals surface area contributed by atoms with Gasteiger partial charge >= 0.3 is 18.4 Å². The van der Waals surface area contributed by atoms with E-state index in [0.29, 0.717) is 0 Å². The van der Waals surface area contributed by atoms with E-state index in [4.69, 9.17) is 4.74 Å². The van der Waals surface area contributed by atoms with E-state index < -0.39 is 35.1 Å². The fourth-order valence-corrected chi connectivity index (χ4v) is 2.58. The predicted octanol–water partition coefficient (Wildman–Crippen LogP) is 5.63. The summed E-state index contributed by atoms with van der Waals surface area (Å²) < 4.78 is 83.3. The van der Waals surface area contributed by atoms with Crippen molar-refractivity contribution >= 4 is 17.6 Å². The van der Waals surface area contributed by atoms with Crippen LogP contribution in [0, 0.1) is 0 Å². The number of aromatic nitrogens is 3. The van der Waals surface area contributed by atoms with Crippen molar-refractivity contribution in [1.82, 2.24) is 15.0 Å². The Labute approximate surface area is 189 Å². The van der Waals surface area contributed by atoms with Crippen LogP contribution in [0.1, 0.15) is 25.0 Å². The molecule has 34 heavy (non-hydrogen) atoms. The second kappa shape index (κ2) is 9.33. The summed E-state index contributed by atoms with van der Waals surface area (Å²) in [5.74, 6) is -0.595. The number of ether oxygens (including phenoxy) is 1. The summed E-state index contributed by atoms with van der Waals surface area (Å²) in [5.41, 5.74) is -3.04. The second-order valence-electron chi connectivity index (χ2n) is 7.76. The van der Waals surface area contributed by atoms with Crippen molar-refractivity contribution < 1.29 is 36.2 Å². The number of anilines is 3. The maximum atomic E-state index is 13.0. The van der Waals surface area contributed by atoms with Crippen LogP contribution in [0.2, 0.25) is 0 Å². The van der Waals surface area contributed by atoms with Gasteiger partial charge in [-0.1, -0.05) is 12.1 Å². The molecule has 3 N–H and O–H groups in total. The number of halogens is 6. The van der Waals surface area contributed by atoms with Gasteiger partial charge in [-0.3, -0.25) is 0 Å². The zero-order valence-electron chi connectivity index (χ0n) is 17.8. The first kappa shape index (κ1) is 25.0. The first-order valence-electron chi connectivity index (χ1n) is 9.71. The van der Waals surface area contributed by atoms with E-state index in [1.807, 2.05) is 0 Å². The van der Waals surface area contributed by atoms with Crippen LogP contribution in [0.15, 0.2) is 48.5 Å². The maximum absolute atomic E-state index is 13.0. The molecule has 0 atom stereocenters. The Balaban J connectivity index is 1.93. The molecule has 1 heterocycles.